The van der Waals surface area contributed by atoms with Crippen molar-refractivity contribution in [3.63, 3.8) is 0 Å². The zero-order valence-corrected chi connectivity index (χ0v) is 15.6. The fraction of sp³-hybridized carbons (Fsp3) is 0.286. The van der Waals surface area contributed by atoms with Crippen molar-refractivity contribution in [2.45, 2.75) is 32.4 Å². The zero-order chi connectivity index (χ0) is 19.5. The van der Waals surface area contributed by atoms with Crippen LogP contribution >= 0.6 is 0 Å². The Balaban J connectivity index is 1.44. The second-order valence-corrected chi connectivity index (χ2v) is 6.96. The SMILES string of the molecule is Cc1ccc(CNC(=O)N2CCCC2c2nc(-c3cccc(F)c3)no2)cc1. The highest BCUT2D eigenvalue weighted by molar-refractivity contribution is 5.75. The summed E-state index contributed by atoms with van der Waals surface area (Å²) in [5.41, 5.74) is 2.77. The number of hydrogen-bond acceptors (Lipinski definition) is 4. The van der Waals surface area contributed by atoms with Gasteiger partial charge in [0.1, 0.15) is 11.9 Å². The van der Waals surface area contributed by atoms with E-state index in [-0.39, 0.29) is 17.9 Å². The first kappa shape index (κ1) is 18.2. The van der Waals surface area contributed by atoms with Gasteiger partial charge >= 0.3 is 6.03 Å². The van der Waals surface area contributed by atoms with Gasteiger partial charge in [0.05, 0.1) is 0 Å². The molecule has 7 heteroatoms. The van der Waals surface area contributed by atoms with Crippen LogP contribution in [0, 0.1) is 12.7 Å². The molecule has 2 heterocycles. The number of aromatic nitrogens is 2. The summed E-state index contributed by atoms with van der Waals surface area (Å²) in [4.78, 5) is 18.8. The minimum absolute atomic E-state index is 0.159. The van der Waals surface area contributed by atoms with Gasteiger partial charge in [-0.05, 0) is 37.5 Å². The average molecular weight is 380 g/mol. The Hall–Kier alpha value is -3.22. The molecule has 6 nitrogen and oxygen atoms in total. The van der Waals surface area contributed by atoms with Crippen LogP contribution in [0.4, 0.5) is 9.18 Å². The molecule has 1 saturated heterocycles. The van der Waals surface area contributed by atoms with E-state index < -0.39 is 0 Å². The number of urea groups is 1. The third-order valence-corrected chi connectivity index (χ3v) is 4.89. The van der Waals surface area contributed by atoms with Gasteiger partial charge in [0.25, 0.3) is 0 Å². The highest BCUT2D eigenvalue weighted by atomic mass is 19.1. The number of aryl methyl sites for hydroxylation is 1. The van der Waals surface area contributed by atoms with Crippen LogP contribution in [0.3, 0.4) is 0 Å². The average Bonchev–Trinajstić information content (AvgIpc) is 3.36. The molecule has 144 valence electrons. The zero-order valence-electron chi connectivity index (χ0n) is 15.6. The standard InChI is InChI=1S/C21H21FN4O2/c1-14-7-9-15(10-8-14)13-23-21(27)26-11-3-6-18(26)20-24-19(25-28-20)16-4-2-5-17(22)12-16/h2,4-5,7-10,12,18H,3,6,11,13H2,1H3,(H,23,27). The predicted molar refractivity (Wildman–Crippen MR) is 102 cm³/mol. The summed E-state index contributed by atoms with van der Waals surface area (Å²) < 4.78 is 18.8. The van der Waals surface area contributed by atoms with Gasteiger partial charge in [0.15, 0.2) is 0 Å². The normalized spacial score (nSPS) is 16.4. The lowest BCUT2D eigenvalue weighted by Gasteiger charge is -2.22. The molecule has 1 aromatic heterocycles. The van der Waals surface area contributed by atoms with E-state index in [1.807, 2.05) is 31.2 Å². The first-order valence-corrected chi connectivity index (χ1v) is 9.30. The number of hydrogen-bond donors (Lipinski definition) is 1. The maximum Gasteiger partial charge on any atom is 0.318 e. The number of rotatable bonds is 4. The first-order chi connectivity index (χ1) is 13.6. The van der Waals surface area contributed by atoms with Crippen molar-refractivity contribution in [2.24, 2.45) is 0 Å². The lowest BCUT2D eigenvalue weighted by Crippen LogP contribution is -2.39. The lowest BCUT2D eigenvalue weighted by molar-refractivity contribution is 0.180. The van der Waals surface area contributed by atoms with Gasteiger partial charge in [-0.3, -0.25) is 0 Å². The second kappa shape index (κ2) is 7.80. The Kier molecular flexibility index (Phi) is 5.06. The molecule has 0 radical (unpaired) electrons. The number of halogens is 1. The summed E-state index contributed by atoms with van der Waals surface area (Å²) in [6, 6.07) is 13.7. The van der Waals surface area contributed by atoms with Crippen molar-refractivity contribution in [3.8, 4) is 11.4 Å². The van der Waals surface area contributed by atoms with Crippen molar-refractivity contribution < 1.29 is 13.7 Å². The fourth-order valence-electron chi connectivity index (χ4n) is 3.37. The van der Waals surface area contributed by atoms with E-state index in [2.05, 4.69) is 15.5 Å². The third-order valence-electron chi connectivity index (χ3n) is 4.89. The predicted octanol–water partition coefficient (Wildman–Crippen LogP) is 4.23. The van der Waals surface area contributed by atoms with Crippen LogP contribution in [0.25, 0.3) is 11.4 Å². The van der Waals surface area contributed by atoms with Gasteiger partial charge in [-0.15, -0.1) is 0 Å². The van der Waals surface area contributed by atoms with Crippen molar-refractivity contribution >= 4 is 6.03 Å². The number of nitrogens with one attached hydrogen (secondary N) is 1. The van der Waals surface area contributed by atoms with Crippen LogP contribution in [0.2, 0.25) is 0 Å². The van der Waals surface area contributed by atoms with Crippen LogP contribution in [0.15, 0.2) is 53.1 Å². The highest BCUT2D eigenvalue weighted by Crippen LogP contribution is 2.32. The Labute approximate surface area is 162 Å². The third kappa shape index (κ3) is 3.88. The monoisotopic (exact) mass is 380 g/mol. The number of amides is 2. The van der Waals surface area contributed by atoms with Gasteiger partial charge in [-0.25, -0.2) is 9.18 Å². The van der Waals surface area contributed by atoms with Gasteiger partial charge in [0, 0.05) is 18.7 Å². The van der Waals surface area contributed by atoms with Crippen molar-refractivity contribution in [1.29, 1.82) is 0 Å². The van der Waals surface area contributed by atoms with E-state index in [1.54, 1.807) is 17.0 Å². The molecule has 1 fully saturated rings. The Morgan fingerprint density at radius 2 is 2.11 bits per heavy atom. The molecular formula is C21H21FN4O2. The molecule has 1 atom stereocenters. The van der Waals surface area contributed by atoms with E-state index in [4.69, 9.17) is 4.52 Å². The molecule has 1 N–H and O–H groups in total. The van der Waals surface area contributed by atoms with E-state index in [9.17, 15) is 9.18 Å². The Bertz CT molecular complexity index is 971. The van der Waals surface area contributed by atoms with E-state index in [0.29, 0.717) is 30.4 Å². The number of carbonyl (C=O) groups is 1. The van der Waals surface area contributed by atoms with Crippen molar-refractivity contribution in [1.82, 2.24) is 20.4 Å². The molecule has 0 bridgehead atoms. The number of benzene rings is 2. The molecule has 1 unspecified atom stereocenters. The quantitative estimate of drug-likeness (QED) is 0.735. The summed E-state index contributed by atoms with van der Waals surface area (Å²) in [6.45, 7) is 3.11. The molecule has 4 rings (SSSR count). The Morgan fingerprint density at radius 1 is 1.29 bits per heavy atom. The minimum Gasteiger partial charge on any atom is -0.337 e. The van der Waals surface area contributed by atoms with Crippen molar-refractivity contribution in [3.05, 3.63) is 71.4 Å². The largest absolute Gasteiger partial charge is 0.337 e. The van der Waals surface area contributed by atoms with Crippen LogP contribution in [-0.2, 0) is 6.54 Å². The van der Waals surface area contributed by atoms with E-state index in [0.717, 1.165) is 18.4 Å². The highest BCUT2D eigenvalue weighted by Gasteiger charge is 2.34. The molecule has 1 aliphatic heterocycles. The lowest BCUT2D eigenvalue weighted by atomic mass is 10.1. The Morgan fingerprint density at radius 3 is 2.89 bits per heavy atom. The summed E-state index contributed by atoms with van der Waals surface area (Å²) in [5, 5.41) is 6.91. The van der Waals surface area contributed by atoms with Gasteiger partial charge in [-0.1, -0.05) is 47.1 Å². The molecular weight excluding hydrogens is 359 g/mol. The molecule has 28 heavy (non-hydrogen) atoms. The van der Waals surface area contributed by atoms with E-state index >= 15 is 0 Å². The van der Waals surface area contributed by atoms with Crippen LogP contribution in [0.5, 0.6) is 0 Å². The molecule has 0 spiro atoms. The minimum atomic E-state index is -0.359. The van der Waals surface area contributed by atoms with Crippen LogP contribution in [0.1, 0.15) is 35.9 Å². The molecule has 2 aromatic carbocycles. The summed E-state index contributed by atoms with van der Waals surface area (Å²) in [7, 11) is 0. The summed E-state index contributed by atoms with van der Waals surface area (Å²) in [6.07, 6.45) is 1.61. The summed E-state index contributed by atoms with van der Waals surface area (Å²) >= 11 is 0. The van der Waals surface area contributed by atoms with Crippen LogP contribution < -0.4 is 5.32 Å². The first-order valence-electron chi connectivity index (χ1n) is 9.30. The number of carbonyl (C=O) groups excluding carboxylic acids is 1. The van der Waals surface area contributed by atoms with Gasteiger partial charge in [0.2, 0.25) is 11.7 Å². The van der Waals surface area contributed by atoms with E-state index in [1.165, 1.54) is 17.7 Å². The topological polar surface area (TPSA) is 71.3 Å². The number of likely N-dealkylation sites (tertiary alicyclic amines) is 1. The fourth-order valence-corrected chi connectivity index (χ4v) is 3.37. The maximum absolute atomic E-state index is 13.4. The smallest absolute Gasteiger partial charge is 0.318 e. The summed E-state index contributed by atoms with van der Waals surface area (Å²) in [5.74, 6) is 0.338. The molecule has 0 saturated carbocycles. The van der Waals surface area contributed by atoms with Crippen molar-refractivity contribution in [2.75, 3.05) is 6.54 Å². The second-order valence-electron chi connectivity index (χ2n) is 6.96. The number of nitrogens with zero attached hydrogens (tertiary/aromatic N) is 3. The molecule has 2 amide bonds. The van der Waals surface area contributed by atoms with Gasteiger partial charge in [-0.2, -0.15) is 4.98 Å². The van der Waals surface area contributed by atoms with Crippen LogP contribution in [-0.4, -0.2) is 27.6 Å². The molecule has 1 aliphatic rings. The maximum atomic E-state index is 13.4. The molecule has 3 aromatic rings. The van der Waals surface area contributed by atoms with Gasteiger partial charge < -0.3 is 14.7 Å². The molecule has 0 aliphatic carbocycles.